The summed E-state index contributed by atoms with van der Waals surface area (Å²) in [6.07, 6.45) is 4.89. The molecule has 2 aliphatic heterocycles. The van der Waals surface area contributed by atoms with Gasteiger partial charge in [0.15, 0.2) is 5.75 Å². The van der Waals surface area contributed by atoms with Crippen LogP contribution in [-0.2, 0) is 11.3 Å². The Bertz CT molecular complexity index is 1280. The van der Waals surface area contributed by atoms with E-state index in [9.17, 15) is 4.79 Å². The smallest absolute Gasteiger partial charge is 0.406 e. The predicted molar refractivity (Wildman–Crippen MR) is 155 cm³/mol. The molecule has 5 rings (SSSR count). The first kappa shape index (κ1) is 28.4. The lowest BCUT2D eigenvalue weighted by Gasteiger charge is -2.31. The van der Waals surface area contributed by atoms with Crippen molar-refractivity contribution >= 4 is 35.2 Å². The Kier molecular flexibility index (Phi) is 9.53. The second-order valence-electron chi connectivity index (χ2n) is 9.98. The number of piperazine rings is 1. The average Bonchev–Trinajstić information content (AvgIpc) is 2.97. The first-order valence-electron chi connectivity index (χ1n) is 13.4. The zero-order chi connectivity index (χ0) is 27.9. The zero-order valence-electron chi connectivity index (χ0n) is 22.4. The molecular weight excluding hydrogens is 553 g/mol. The topological polar surface area (TPSA) is 105 Å². The lowest BCUT2D eigenvalue weighted by molar-refractivity contribution is 0.0955. The maximum Gasteiger partial charge on any atom is 0.406 e. The van der Waals surface area contributed by atoms with Crippen LogP contribution in [0.2, 0.25) is 10.0 Å². The van der Waals surface area contributed by atoms with Crippen LogP contribution in [0.5, 0.6) is 11.6 Å². The van der Waals surface area contributed by atoms with Crippen LogP contribution >= 0.6 is 23.2 Å². The molecule has 0 spiro atoms. The number of aromatic nitrogens is 3. The number of benzene rings is 1. The van der Waals surface area contributed by atoms with E-state index in [1.54, 1.807) is 25.5 Å². The number of likely N-dealkylation sites (tertiary alicyclic amines) is 1. The number of piperidine rings is 1. The summed E-state index contributed by atoms with van der Waals surface area (Å²) in [7, 11) is 1.57. The summed E-state index contributed by atoms with van der Waals surface area (Å²) in [5.74, 6) is 2.00. The Hall–Kier alpha value is -3.18. The number of pyridine rings is 1. The molecule has 40 heavy (non-hydrogen) atoms. The maximum absolute atomic E-state index is 11.4. The molecule has 2 aromatic heterocycles. The number of ether oxygens (including phenoxy) is 2. The van der Waals surface area contributed by atoms with Gasteiger partial charge in [-0.05, 0) is 61.7 Å². The van der Waals surface area contributed by atoms with E-state index in [-0.39, 0.29) is 6.09 Å². The lowest BCUT2D eigenvalue weighted by atomic mass is 9.97. The molecule has 0 aliphatic carbocycles. The van der Waals surface area contributed by atoms with Gasteiger partial charge in [0.05, 0.1) is 24.7 Å². The zero-order valence-corrected chi connectivity index (χ0v) is 23.9. The van der Waals surface area contributed by atoms with E-state index in [0.29, 0.717) is 45.8 Å². The first-order valence-corrected chi connectivity index (χ1v) is 14.2. The third-order valence-corrected chi connectivity index (χ3v) is 7.46. The van der Waals surface area contributed by atoms with Gasteiger partial charge in [-0.15, -0.1) is 0 Å². The van der Waals surface area contributed by atoms with Crippen molar-refractivity contribution in [3.8, 4) is 22.9 Å². The third kappa shape index (κ3) is 7.72. The van der Waals surface area contributed by atoms with Gasteiger partial charge in [-0.25, -0.2) is 19.7 Å². The maximum atomic E-state index is 11.4. The minimum absolute atomic E-state index is 0.359. The largest absolute Gasteiger partial charge is 0.449 e. The molecule has 4 heterocycles. The Morgan fingerprint density at radius 2 is 1.73 bits per heavy atom. The number of carbonyl (C=O) groups is 1. The van der Waals surface area contributed by atoms with Crippen molar-refractivity contribution in [1.29, 1.82) is 0 Å². The van der Waals surface area contributed by atoms with Gasteiger partial charge in [-0.3, -0.25) is 4.90 Å². The molecule has 3 aromatic rings. The number of rotatable bonds is 8. The number of anilines is 1. The van der Waals surface area contributed by atoms with Crippen LogP contribution in [0.4, 0.5) is 10.7 Å². The molecule has 2 aliphatic rings. The van der Waals surface area contributed by atoms with Gasteiger partial charge < -0.3 is 25.0 Å². The van der Waals surface area contributed by atoms with Crippen LogP contribution in [0.1, 0.15) is 18.4 Å². The van der Waals surface area contributed by atoms with Crippen LogP contribution in [0.3, 0.4) is 0 Å². The molecule has 0 unspecified atom stereocenters. The second kappa shape index (κ2) is 13.5. The number of alkyl carbamates (subject to hydrolysis) is 1. The fraction of sp³-hybridized carbons (Fsp3) is 0.429. The van der Waals surface area contributed by atoms with E-state index in [1.165, 1.54) is 0 Å². The standard InChI is InChI=1S/C28H33Cl2N7O3/c1-31-28(38)39-18-19-2-6-36(7-3-19)17-20-10-25(21-12-22(29)14-23(30)13-21)35-26(11-20)40-24-15-33-27(34-16-24)37-8-4-32-5-9-37/h10-16,19,32H,2-9,17-18H2,1H3,(H,31,38). The Morgan fingerprint density at radius 3 is 2.40 bits per heavy atom. The van der Waals surface area contributed by atoms with Crippen molar-refractivity contribution < 1.29 is 14.3 Å². The van der Waals surface area contributed by atoms with Crippen molar-refractivity contribution in [2.75, 3.05) is 57.8 Å². The minimum atomic E-state index is -0.385. The predicted octanol–water partition coefficient (Wildman–Crippen LogP) is 4.62. The van der Waals surface area contributed by atoms with E-state index in [4.69, 9.17) is 37.7 Å². The van der Waals surface area contributed by atoms with E-state index >= 15 is 0 Å². The summed E-state index contributed by atoms with van der Waals surface area (Å²) in [6.45, 7) is 6.53. The SMILES string of the molecule is CNC(=O)OCC1CCN(Cc2cc(Oc3cnc(N4CCNCC4)nc3)nc(-c3cc(Cl)cc(Cl)c3)c2)CC1. The Balaban J connectivity index is 1.31. The summed E-state index contributed by atoms with van der Waals surface area (Å²) < 4.78 is 11.4. The summed E-state index contributed by atoms with van der Waals surface area (Å²) in [5, 5.41) is 6.90. The van der Waals surface area contributed by atoms with E-state index in [0.717, 1.165) is 69.8 Å². The number of nitrogens with zero attached hydrogens (tertiary/aromatic N) is 5. The molecule has 1 aromatic carbocycles. The number of nitrogens with one attached hydrogen (secondary N) is 2. The van der Waals surface area contributed by atoms with Crippen molar-refractivity contribution in [2.24, 2.45) is 5.92 Å². The van der Waals surface area contributed by atoms with Crippen LogP contribution in [0.15, 0.2) is 42.7 Å². The number of amides is 1. The van der Waals surface area contributed by atoms with E-state index in [2.05, 4.69) is 30.4 Å². The molecule has 12 heteroatoms. The van der Waals surface area contributed by atoms with Gasteiger partial charge in [0.25, 0.3) is 0 Å². The minimum Gasteiger partial charge on any atom is -0.449 e. The van der Waals surface area contributed by atoms with E-state index < -0.39 is 0 Å². The fourth-order valence-electron chi connectivity index (χ4n) is 4.90. The highest BCUT2D eigenvalue weighted by Gasteiger charge is 2.21. The monoisotopic (exact) mass is 585 g/mol. The quantitative estimate of drug-likeness (QED) is 0.392. The molecule has 0 bridgehead atoms. The molecule has 2 N–H and O–H groups in total. The van der Waals surface area contributed by atoms with E-state index in [1.807, 2.05) is 24.3 Å². The average molecular weight is 587 g/mol. The van der Waals surface area contributed by atoms with Crippen LogP contribution in [0.25, 0.3) is 11.3 Å². The molecule has 0 radical (unpaired) electrons. The number of carbonyl (C=O) groups excluding carboxylic acids is 1. The highest BCUT2D eigenvalue weighted by atomic mass is 35.5. The Labute approximate surface area is 244 Å². The van der Waals surface area contributed by atoms with Crippen molar-refractivity contribution in [3.63, 3.8) is 0 Å². The normalized spacial score (nSPS) is 16.5. The first-order chi connectivity index (χ1) is 19.4. The van der Waals surface area contributed by atoms with Crippen molar-refractivity contribution in [1.82, 2.24) is 30.5 Å². The number of halogens is 2. The molecule has 1 amide bonds. The summed E-state index contributed by atoms with van der Waals surface area (Å²) in [5.41, 5.74) is 2.57. The lowest BCUT2D eigenvalue weighted by Crippen LogP contribution is -2.44. The number of hydrogen-bond donors (Lipinski definition) is 2. The summed E-state index contributed by atoms with van der Waals surface area (Å²) >= 11 is 12.6. The van der Waals surface area contributed by atoms with Crippen LogP contribution in [-0.4, -0.2) is 78.9 Å². The third-order valence-electron chi connectivity index (χ3n) is 7.02. The van der Waals surface area contributed by atoms with Gasteiger partial charge >= 0.3 is 6.09 Å². The summed E-state index contributed by atoms with van der Waals surface area (Å²) in [6, 6.07) is 9.36. The molecule has 10 nitrogen and oxygen atoms in total. The van der Waals surface area contributed by atoms with Crippen LogP contribution in [0, 0.1) is 5.92 Å². The molecule has 0 atom stereocenters. The van der Waals surface area contributed by atoms with Gasteiger partial charge in [-0.1, -0.05) is 23.2 Å². The number of hydrogen-bond acceptors (Lipinski definition) is 9. The highest BCUT2D eigenvalue weighted by molar-refractivity contribution is 6.35. The second-order valence-corrected chi connectivity index (χ2v) is 10.9. The van der Waals surface area contributed by atoms with Gasteiger partial charge in [0.2, 0.25) is 11.8 Å². The van der Waals surface area contributed by atoms with Crippen LogP contribution < -0.4 is 20.3 Å². The van der Waals surface area contributed by atoms with Crippen molar-refractivity contribution in [2.45, 2.75) is 19.4 Å². The van der Waals surface area contributed by atoms with Crippen molar-refractivity contribution in [3.05, 3.63) is 58.3 Å². The fourth-order valence-corrected chi connectivity index (χ4v) is 5.42. The highest BCUT2D eigenvalue weighted by Crippen LogP contribution is 2.31. The molecule has 2 fully saturated rings. The van der Waals surface area contributed by atoms with Gasteiger partial charge in [0, 0.05) is 61.4 Å². The van der Waals surface area contributed by atoms with Gasteiger partial charge in [0.1, 0.15) is 0 Å². The molecule has 0 saturated carbocycles. The van der Waals surface area contributed by atoms with Gasteiger partial charge in [-0.2, -0.15) is 0 Å². The summed E-state index contributed by atoms with van der Waals surface area (Å²) in [4.78, 5) is 29.7. The Morgan fingerprint density at radius 1 is 1.02 bits per heavy atom. The molecule has 2 saturated heterocycles. The molecular formula is C28H33Cl2N7O3. The molecule has 212 valence electrons.